The first kappa shape index (κ1) is 15.6. The predicted molar refractivity (Wildman–Crippen MR) is 71.9 cm³/mol. The molecular formula is C14H13F2N3O3. The average molecular weight is 309 g/mol. The molecule has 1 aromatic heterocycles. The number of halogens is 2. The van der Waals surface area contributed by atoms with Crippen LogP contribution in [-0.4, -0.2) is 24.0 Å². The Bertz CT molecular complexity index is 715. The second kappa shape index (κ2) is 6.33. The van der Waals surface area contributed by atoms with Crippen LogP contribution >= 0.6 is 0 Å². The maximum atomic E-state index is 13.3. The second-order valence-electron chi connectivity index (χ2n) is 4.53. The van der Waals surface area contributed by atoms with Crippen LogP contribution in [0.3, 0.4) is 0 Å². The molecule has 1 heterocycles. The lowest BCUT2D eigenvalue weighted by Crippen LogP contribution is -2.39. The van der Waals surface area contributed by atoms with E-state index in [1.54, 1.807) is 6.92 Å². The summed E-state index contributed by atoms with van der Waals surface area (Å²) >= 11 is 0. The van der Waals surface area contributed by atoms with Crippen molar-refractivity contribution in [3.8, 4) is 0 Å². The van der Waals surface area contributed by atoms with Crippen molar-refractivity contribution in [3.05, 3.63) is 52.9 Å². The third-order valence-corrected chi connectivity index (χ3v) is 2.91. The van der Waals surface area contributed by atoms with Gasteiger partial charge in [-0.1, -0.05) is 11.2 Å². The number of carbonyl (C=O) groups is 2. The van der Waals surface area contributed by atoms with Gasteiger partial charge >= 0.3 is 0 Å². The zero-order chi connectivity index (χ0) is 16.3. The molecule has 1 unspecified atom stereocenters. The van der Waals surface area contributed by atoms with Crippen LogP contribution < -0.4 is 10.6 Å². The second-order valence-corrected chi connectivity index (χ2v) is 4.53. The van der Waals surface area contributed by atoms with E-state index in [4.69, 9.17) is 4.52 Å². The van der Waals surface area contributed by atoms with E-state index >= 15 is 0 Å². The molecule has 0 fully saturated rings. The zero-order valence-corrected chi connectivity index (χ0v) is 11.8. The molecule has 0 bridgehead atoms. The van der Waals surface area contributed by atoms with Crippen molar-refractivity contribution in [2.24, 2.45) is 0 Å². The molecule has 0 aliphatic rings. The standard InChI is InChI=1S/C14H13F2N3O3/c1-7-5-11(22-19-7)13(20)18-12(14(21)17-2)8-3-4-9(15)10(16)6-8/h3-6,12H,1-2H3,(H,17,21)(H,18,20). The summed E-state index contributed by atoms with van der Waals surface area (Å²) in [4.78, 5) is 23.9. The number of carbonyl (C=O) groups excluding carboxylic acids is 2. The van der Waals surface area contributed by atoms with Crippen molar-refractivity contribution in [1.29, 1.82) is 0 Å². The largest absolute Gasteiger partial charge is 0.357 e. The highest BCUT2D eigenvalue weighted by Crippen LogP contribution is 2.17. The van der Waals surface area contributed by atoms with E-state index in [1.807, 2.05) is 0 Å². The first-order chi connectivity index (χ1) is 10.4. The van der Waals surface area contributed by atoms with Gasteiger partial charge in [0.25, 0.3) is 5.91 Å². The fraction of sp³-hybridized carbons (Fsp3) is 0.214. The van der Waals surface area contributed by atoms with Gasteiger partial charge in [0.15, 0.2) is 11.6 Å². The molecule has 1 atom stereocenters. The number of aryl methyl sites for hydroxylation is 1. The topological polar surface area (TPSA) is 84.2 Å². The van der Waals surface area contributed by atoms with Gasteiger partial charge in [0.2, 0.25) is 11.7 Å². The van der Waals surface area contributed by atoms with Crippen molar-refractivity contribution < 1.29 is 22.9 Å². The molecule has 0 saturated carbocycles. The van der Waals surface area contributed by atoms with E-state index in [9.17, 15) is 18.4 Å². The van der Waals surface area contributed by atoms with Crippen LogP contribution in [0.2, 0.25) is 0 Å². The lowest BCUT2D eigenvalue weighted by atomic mass is 10.1. The Morgan fingerprint density at radius 2 is 1.95 bits per heavy atom. The van der Waals surface area contributed by atoms with Crippen molar-refractivity contribution in [2.75, 3.05) is 7.05 Å². The summed E-state index contributed by atoms with van der Waals surface area (Å²) in [7, 11) is 1.36. The number of hydrogen-bond donors (Lipinski definition) is 2. The Labute approximate surface area is 124 Å². The van der Waals surface area contributed by atoms with Crippen molar-refractivity contribution in [2.45, 2.75) is 13.0 Å². The molecule has 0 spiro atoms. The first-order valence-electron chi connectivity index (χ1n) is 6.33. The summed E-state index contributed by atoms with van der Waals surface area (Å²) in [6, 6.07) is 3.14. The number of likely N-dealkylation sites (N-methyl/N-ethyl adjacent to an activating group) is 1. The van der Waals surface area contributed by atoms with Gasteiger partial charge in [0, 0.05) is 13.1 Å². The summed E-state index contributed by atoms with van der Waals surface area (Å²) in [5, 5.41) is 8.29. The Morgan fingerprint density at radius 3 is 2.50 bits per heavy atom. The average Bonchev–Trinajstić information content (AvgIpc) is 2.93. The van der Waals surface area contributed by atoms with Crippen molar-refractivity contribution >= 4 is 11.8 Å². The number of aromatic nitrogens is 1. The molecule has 1 aromatic carbocycles. The minimum Gasteiger partial charge on any atom is -0.357 e. The summed E-state index contributed by atoms with van der Waals surface area (Å²) in [5.74, 6) is -3.53. The van der Waals surface area contributed by atoms with Crippen molar-refractivity contribution in [1.82, 2.24) is 15.8 Å². The molecule has 0 aliphatic carbocycles. The number of nitrogens with zero attached hydrogens (tertiary/aromatic N) is 1. The summed E-state index contributed by atoms with van der Waals surface area (Å²) in [5.41, 5.74) is 0.595. The number of benzene rings is 1. The van der Waals surface area contributed by atoms with E-state index in [0.717, 1.165) is 12.1 Å². The Kier molecular flexibility index (Phi) is 4.50. The van der Waals surface area contributed by atoms with Gasteiger partial charge in [-0.25, -0.2) is 8.78 Å². The van der Waals surface area contributed by atoms with E-state index in [2.05, 4.69) is 15.8 Å². The van der Waals surface area contributed by atoms with Crippen LogP contribution in [0.4, 0.5) is 8.78 Å². The fourth-order valence-corrected chi connectivity index (χ4v) is 1.81. The van der Waals surface area contributed by atoms with E-state index < -0.39 is 29.5 Å². The highest BCUT2D eigenvalue weighted by atomic mass is 19.2. The molecule has 0 aliphatic heterocycles. The summed E-state index contributed by atoms with van der Waals surface area (Å²) in [6.07, 6.45) is 0. The van der Waals surface area contributed by atoms with Crippen LogP contribution in [0.15, 0.2) is 28.8 Å². The number of hydrogen-bond acceptors (Lipinski definition) is 4. The molecular weight excluding hydrogens is 296 g/mol. The first-order valence-corrected chi connectivity index (χ1v) is 6.33. The predicted octanol–water partition coefficient (Wildman–Crippen LogP) is 1.48. The van der Waals surface area contributed by atoms with E-state index in [0.29, 0.717) is 5.69 Å². The van der Waals surface area contributed by atoms with Crippen LogP contribution in [0, 0.1) is 18.6 Å². The SMILES string of the molecule is CNC(=O)C(NC(=O)c1cc(C)no1)c1ccc(F)c(F)c1. The molecule has 6 nitrogen and oxygen atoms in total. The van der Waals surface area contributed by atoms with Gasteiger partial charge in [-0.15, -0.1) is 0 Å². The van der Waals surface area contributed by atoms with Gasteiger partial charge in [-0.05, 0) is 24.6 Å². The maximum Gasteiger partial charge on any atom is 0.290 e. The highest BCUT2D eigenvalue weighted by molar-refractivity contribution is 5.95. The zero-order valence-electron chi connectivity index (χ0n) is 11.8. The Morgan fingerprint density at radius 1 is 1.23 bits per heavy atom. The molecule has 0 saturated heterocycles. The van der Waals surface area contributed by atoms with Gasteiger partial charge < -0.3 is 15.2 Å². The molecule has 0 radical (unpaired) electrons. The monoisotopic (exact) mass is 309 g/mol. The lowest BCUT2D eigenvalue weighted by Gasteiger charge is -2.17. The van der Waals surface area contributed by atoms with Crippen LogP contribution in [-0.2, 0) is 4.79 Å². The smallest absolute Gasteiger partial charge is 0.290 e. The molecule has 116 valence electrons. The van der Waals surface area contributed by atoms with Gasteiger partial charge in [-0.3, -0.25) is 9.59 Å². The molecule has 2 amide bonds. The minimum atomic E-state index is -1.20. The number of amides is 2. The molecule has 22 heavy (non-hydrogen) atoms. The highest BCUT2D eigenvalue weighted by Gasteiger charge is 2.25. The molecule has 2 N–H and O–H groups in total. The van der Waals surface area contributed by atoms with Crippen LogP contribution in [0.1, 0.15) is 27.9 Å². The molecule has 2 aromatic rings. The van der Waals surface area contributed by atoms with Gasteiger partial charge in [0.05, 0.1) is 5.69 Å². The van der Waals surface area contributed by atoms with Crippen molar-refractivity contribution in [3.63, 3.8) is 0 Å². The molecule has 2 rings (SSSR count). The normalized spacial score (nSPS) is 11.8. The van der Waals surface area contributed by atoms with Gasteiger partial charge in [0.1, 0.15) is 6.04 Å². The third kappa shape index (κ3) is 3.27. The third-order valence-electron chi connectivity index (χ3n) is 2.91. The van der Waals surface area contributed by atoms with Crippen LogP contribution in [0.25, 0.3) is 0 Å². The minimum absolute atomic E-state index is 0.0889. The Hall–Kier alpha value is -2.77. The van der Waals surface area contributed by atoms with E-state index in [-0.39, 0.29) is 11.3 Å². The van der Waals surface area contributed by atoms with Crippen LogP contribution in [0.5, 0.6) is 0 Å². The molecule has 8 heteroatoms. The maximum absolute atomic E-state index is 13.3. The quantitative estimate of drug-likeness (QED) is 0.896. The summed E-state index contributed by atoms with van der Waals surface area (Å²) in [6.45, 7) is 1.63. The number of nitrogens with one attached hydrogen (secondary N) is 2. The Balaban J connectivity index is 2.28. The summed E-state index contributed by atoms with van der Waals surface area (Å²) < 4.78 is 31.1. The fourth-order valence-electron chi connectivity index (χ4n) is 1.81. The number of rotatable bonds is 4. The van der Waals surface area contributed by atoms with Gasteiger partial charge in [-0.2, -0.15) is 0 Å². The van der Waals surface area contributed by atoms with E-state index in [1.165, 1.54) is 19.2 Å². The lowest BCUT2D eigenvalue weighted by molar-refractivity contribution is -0.122.